The predicted octanol–water partition coefficient (Wildman–Crippen LogP) is 3.50. The first-order valence-electron chi connectivity index (χ1n) is 9.63. The lowest BCUT2D eigenvalue weighted by Gasteiger charge is -2.26. The molecule has 1 saturated heterocycles. The third-order valence-corrected chi connectivity index (χ3v) is 5.17. The van der Waals surface area contributed by atoms with Crippen molar-refractivity contribution in [2.24, 2.45) is 5.10 Å². The summed E-state index contributed by atoms with van der Waals surface area (Å²) in [5, 5.41) is 6.99. The highest BCUT2D eigenvalue weighted by atomic mass is 35.5. The Morgan fingerprint density at radius 3 is 2.70 bits per heavy atom. The van der Waals surface area contributed by atoms with Crippen LogP contribution in [0.3, 0.4) is 0 Å². The van der Waals surface area contributed by atoms with Crippen LogP contribution in [0.4, 0.5) is 5.69 Å². The summed E-state index contributed by atoms with van der Waals surface area (Å²) in [5.74, 6) is 0.814. The predicted molar refractivity (Wildman–Crippen MR) is 112 cm³/mol. The normalized spacial score (nSPS) is 15.5. The highest BCUT2D eigenvalue weighted by molar-refractivity contribution is 6.32. The summed E-state index contributed by atoms with van der Waals surface area (Å²) in [6.07, 6.45) is 1.83. The number of hydrogen-bond acceptors (Lipinski definition) is 5. The number of methoxy groups -OCH3 is 1. The number of hydrazone groups is 1. The maximum Gasteiger partial charge on any atom is 0.243 e. The SMILES string of the molecule is CC/C(C)=N\N(CC)CC(=O)N1CCCN(c2ccc(Cl)c(OC)c2)CC1. The Bertz CT molecular complexity index is 665. The first kappa shape index (κ1) is 21.4. The van der Waals surface area contributed by atoms with Crippen LogP contribution in [0.5, 0.6) is 5.75 Å². The number of carbonyl (C=O) groups is 1. The van der Waals surface area contributed by atoms with Crippen molar-refractivity contribution in [3.05, 3.63) is 23.2 Å². The van der Waals surface area contributed by atoms with Crippen molar-refractivity contribution in [3.63, 3.8) is 0 Å². The van der Waals surface area contributed by atoms with Crippen LogP contribution in [0.2, 0.25) is 5.02 Å². The highest BCUT2D eigenvalue weighted by Gasteiger charge is 2.21. The van der Waals surface area contributed by atoms with Crippen LogP contribution in [0.15, 0.2) is 23.3 Å². The van der Waals surface area contributed by atoms with Crippen LogP contribution in [-0.4, -0.2) is 67.9 Å². The molecule has 0 aliphatic carbocycles. The number of anilines is 1. The Morgan fingerprint density at radius 2 is 2.04 bits per heavy atom. The number of rotatable bonds is 7. The molecular formula is C20H31ClN4O2. The van der Waals surface area contributed by atoms with E-state index in [1.54, 1.807) is 7.11 Å². The molecule has 1 fully saturated rings. The minimum Gasteiger partial charge on any atom is -0.495 e. The molecule has 1 amide bonds. The van der Waals surface area contributed by atoms with Crippen molar-refractivity contribution in [3.8, 4) is 5.75 Å². The molecule has 150 valence electrons. The molecule has 1 aromatic rings. The average molecular weight is 395 g/mol. The number of hydrogen-bond donors (Lipinski definition) is 0. The van der Waals surface area contributed by atoms with E-state index >= 15 is 0 Å². The summed E-state index contributed by atoms with van der Waals surface area (Å²) in [6.45, 7) is 10.3. The zero-order valence-electron chi connectivity index (χ0n) is 16.9. The van der Waals surface area contributed by atoms with Crippen LogP contribution in [-0.2, 0) is 4.79 Å². The van der Waals surface area contributed by atoms with Crippen LogP contribution < -0.4 is 9.64 Å². The second-order valence-corrected chi connectivity index (χ2v) is 7.12. The van der Waals surface area contributed by atoms with Gasteiger partial charge in [-0.25, -0.2) is 0 Å². The fraction of sp³-hybridized carbons (Fsp3) is 0.600. The van der Waals surface area contributed by atoms with Crippen LogP contribution in [0.1, 0.15) is 33.6 Å². The molecule has 0 aromatic heterocycles. The number of halogens is 1. The van der Waals surface area contributed by atoms with Gasteiger partial charge in [-0.3, -0.25) is 9.80 Å². The van der Waals surface area contributed by atoms with Crippen molar-refractivity contribution in [2.75, 3.05) is 51.3 Å². The third kappa shape index (κ3) is 6.03. The first-order valence-corrected chi connectivity index (χ1v) is 10.0. The number of likely N-dealkylation sites (N-methyl/N-ethyl adjacent to an activating group) is 1. The fourth-order valence-electron chi connectivity index (χ4n) is 3.06. The van der Waals surface area contributed by atoms with E-state index in [1.807, 2.05) is 42.0 Å². The maximum absolute atomic E-state index is 12.7. The van der Waals surface area contributed by atoms with Crippen LogP contribution >= 0.6 is 11.6 Å². The summed E-state index contributed by atoms with van der Waals surface area (Å²) in [5.41, 5.74) is 2.12. The van der Waals surface area contributed by atoms with Gasteiger partial charge in [0.1, 0.15) is 12.3 Å². The average Bonchev–Trinajstić information content (AvgIpc) is 2.94. The summed E-state index contributed by atoms with van der Waals surface area (Å²) in [6, 6.07) is 5.82. The molecular weight excluding hydrogens is 364 g/mol. The number of ether oxygens (including phenoxy) is 1. The minimum absolute atomic E-state index is 0.139. The summed E-state index contributed by atoms with van der Waals surface area (Å²) >= 11 is 6.13. The van der Waals surface area contributed by atoms with Crippen molar-refractivity contribution in [1.29, 1.82) is 0 Å². The van der Waals surface area contributed by atoms with Crippen molar-refractivity contribution >= 4 is 28.9 Å². The molecule has 6 nitrogen and oxygen atoms in total. The zero-order chi connectivity index (χ0) is 19.8. The smallest absolute Gasteiger partial charge is 0.243 e. The molecule has 0 bridgehead atoms. The Morgan fingerprint density at radius 1 is 1.26 bits per heavy atom. The third-order valence-electron chi connectivity index (χ3n) is 4.86. The molecule has 1 aliphatic rings. The van der Waals surface area contributed by atoms with Gasteiger partial charge in [-0.2, -0.15) is 5.10 Å². The van der Waals surface area contributed by atoms with E-state index in [4.69, 9.17) is 16.3 Å². The van der Waals surface area contributed by atoms with E-state index in [9.17, 15) is 4.79 Å². The van der Waals surface area contributed by atoms with Gasteiger partial charge < -0.3 is 14.5 Å². The molecule has 1 aliphatic heterocycles. The topological polar surface area (TPSA) is 48.4 Å². The molecule has 0 radical (unpaired) electrons. The quantitative estimate of drug-likeness (QED) is 0.524. The number of amides is 1. The van der Waals surface area contributed by atoms with Gasteiger partial charge in [0.15, 0.2) is 0 Å². The lowest BCUT2D eigenvalue weighted by Crippen LogP contribution is -2.41. The Kier molecular flexibility index (Phi) is 8.23. The first-order chi connectivity index (χ1) is 13.0. The molecule has 0 saturated carbocycles. The minimum atomic E-state index is 0.139. The number of carbonyl (C=O) groups excluding carboxylic acids is 1. The molecule has 0 unspecified atom stereocenters. The molecule has 27 heavy (non-hydrogen) atoms. The standard InChI is InChI=1S/C20H31ClN4O2/c1-5-16(3)22-25(6-2)15-20(26)24-11-7-10-23(12-13-24)17-8-9-18(21)19(14-17)27-4/h8-9,14H,5-7,10-13,15H2,1-4H3/b22-16-. The zero-order valence-corrected chi connectivity index (χ0v) is 17.6. The molecule has 0 atom stereocenters. The van der Waals surface area contributed by atoms with Gasteiger partial charge in [-0.1, -0.05) is 18.5 Å². The lowest BCUT2D eigenvalue weighted by molar-refractivity contribution is -0.132. The second-order valence-electron chi connectivity index (χ2n) is 6.71. The van der Waals surface area contributed by atoms with Gasteiger partial charge >= 0.3 is 0 Å². The fourth-order valence-corrected chi connectivity index (χ4v) is 3.25. The van der Waals surface area contributed by atoms with Crippen LogP contribution in [0, 0.1) is 0 Å². The van der Waals surface area contributed by atoms with Crippen molar-refractivity contribution in [1.82, 2.24) is 9.91 Å². The molecule has 0 spiro atoms. The van der Waals surface area contributed by atoms with Crippen LogP contribution in [0.25, 0.3) is 0 Å². The second kappa shape index (κ2) is 10.4. The molecule has 7 heteroatoms. The largest absolute Gasteiger partial charge is 0.495 e. The highest BCUT2D eigenvalue weighted by Crippen LogP contribution is 2.29. The molecule has 1 aromatic carbocycles. The van der Waals surface area contributed by atoms with E-state index in [-0.39, 0.29) is 5.91 Å². The van der Waals surface area contributed by atoms with Crippen molar-refractivity contribution in [2.45, 2.75) is 33.6 Å². The maximum atomic E-state index is 12.7. The van der Waals surface area contributed by atoms with Gasteiger partial charge in [0.05, 0.1) is 12.1 Å². The number of nitrogens with zero attached hydrogens (tertiary/aromatic N) is 4. The summed E-state index contributed by atoms with van der Waals surface area (Å²) < 4.78 is 5.32. The Balaban J connectivity index is 1.98. The van der Waals surface area contributed by atoms with Crippen molar-refractivity contribution < 1.29 is 9.53 Å². The summed E-state index contributed by atoms with van der Waals surface area (Å²) in [7, 11) is 1.62. The monoisotopic (exact) mass is 394 g/mol. The van der Waals surface area contributed by atoms with E-state index in [0.29, 0.717) is 23.9 Å². The van der Waals surface area contributed by atoms with Gasteiger partial charge in [0.25, 0.3) is 0 Å². The molecule has 1 heterocycles. The van der Waals surface area contributed by atoms with Gasteiger partial charge in [0.2, 0.25) is 5.91 Å². The van der Waals surface area contributed by atoms with Gasteiger partial charge in [-0.15, -0.1) is 0 Å². The molecule has 2 rings (SSSR count). The Labute approximate surface area is 167 Å². The van der Waals surface area contributed by atoms with Gasteiger partial charge in [0, 0.05) is 50.2 Å². The van der Waals surface area contributed by atoms with E-state index < -0.39 is 0 Å². The summed E-state index contributed by atoms with van der Waals surface area (Å²) in [4.78, 5) is 17.0. The van der Waals surface area contributed by atoms with E-state index in [1.165, 1.54) is 0 Å². The Hall–Kier alpha value is -1.95. The van der Waals surface area contributed by atoms with Gasteiger partial charge in [-0.05, 0) is 38.8 Å². The number of benzene rings is 1. The molecule has 0 N–H and O–H groups in total. The van der Waals surface area contributed by atoms with E-state index in [2.05, 4.69) is 16.9 Å². The lowest BCUT2D eigenvalue weighted by atomic mass is 10.2. The van der Waals surface area contributed by atoms with E-state index in [0.717, 1.165) is 50.4 Å².